The Labute approximate surface area is 75.8 Å². The summed E-state index contributed by atoms with van der Waals surface area (Å²) < 4.78 is 0. The van der Waals surface area contributed by atoms with Crippen LogP contribution in [0, 0.1) is 0 Å². The van der Waals surface area contributed by atoms with Gasteiger partial charge in [-0.05, 0) is 32.3 Å². The van der Waals surface area contributed by atoms with Crippen LogP contribution >= 0.6 is 0 Å². The summed E-state index contributed by atoms with van der Waals surface area (Å²) in [5, 5.41) is 3.30. The zero-order valence-electron chi connectivity index (χ0n) is 8.65. The average molecular weight is 168 g/mol. The van der Waals surface area contributed by atoms with Crippen LogP contribution in [0.3, 0.4) is 0 Å². The fourth-order valence-corrected chi connectivity index (χ4v) is 0.847. The summed E-state index contributed by atoms with van der Waals surface area (Å²) in [7, 11) is 0. The number of nitrogens with one attached hydrogen (secondary N) is 1. The molecule has 0 bridgehead atoms. The first-order valence-electron chi connectivity index (χ1n) is 4.68. The maximum atomic E-state index is 4.28. The summed E-state index contributed by atoms with van der Waals surface area (Å²) >= 11 is 0. The molecule has 2 nitrogen and oxygen atoms in total. The van der Waals surface area contributed by atoms with Crippen molar-refractivity contribution in [1.29, 1.82) is 0 Å². The van der Waals surface area contributed by atoms with Crippen molar-refractivity contribution < 1.29 is 0 Å². The van der Waals surface area contributed by atoms with Crippen LogP contribution in [0.4, 0.5) is 0 Å². The van der Waals surface area contributed by atoms with Crippen molar-refractivity contribution in [3.8, 4) is 0 Å². The molecule has 2 heteroatoms. The minimum atomic E-state index is 1.00. The Kier molecular flexibility index (Phi) is 6.44. The van der Waals surface area contributed by atoms with Gasteiger partial charge in [0.25, 0.3) is 0 Å². The van der Waals surface area contributed by atoms with E-state index in [0.29, 0.717) is 0 Å². The molecule has 0 radical (unpaired) electrons. The molecule has 0 saturated carbocycles. The van der Waals surface area contributed by atoms with Gasteiger partial charge in [0.15, 0.2) is 0 Å². The van der Waals surface area contributed by atoms with E-state index in [-0.39, 0.29) is 0 Å². The van der Waals surface area contributed by atoms with Crippen LogP contribution in [0.5, 0.6) is 0 Å². The van der Waals surface area contributed by atoms with Gasteiger partial charge >= 0.3 is 0 Å². The van der Waals surface area contributed by atoms with Gasteiger partial charge in [-0.1, -0.05) is 13.8 Å². The van der Waals surface area contributed by atoms with E-state index in [2.05, 4.69) is 31.1 Å². The Morgan fingerprint density at radius 1 is 1.42 bits per heavy atom. The summed E-state index contributed by atoms with van der Waals surface area (Å²) in [4.78, 5) is 4.28. The molecule has 0 aliphatic heterocycles. The van der Waals surface area contributed by atoms with Crippen LogP contribution < -0.4 is 5.32 Å². The van der Waals surface area contributed by atoms with Gasteiger partial charge in [0, 0.05) is 12.8 Å². The Bertz CT molecular complexity index is 169. The molecule has 0 spiro atoms. The molecule has 0 rings (SSSR count). The second-order valence-electron chi connectivity index (χ2n) is 2.80. The minimum absolute atomic E-state index is 1.00. The molecular weight excluding hydrogens is 148 g/mol. The van der Waals surface area contributed by atoms with E-state index in [9.17, 15) is 0 Å². The van der Waals surface area contributed by atoms with Gasteiger partial charge in [0.05, 0.1) is 0 Å². The number of allylic oxidation sites excluding steroid dienone is 1. The van der Waals surface area contributed by atoms with Crippen molar-refractivity contribution in [1.82, 2.24) is 5.32 Å². The maximum Gasteiger partial charge on any atom is 0.124 e. The molecule has 0 aromatic rings. The standard InChI is InChI=1S/C10H20N2/c1-5-8-12-10(11-7-3)9(4)6-2/h7,12H,5-6,8H2,1-4H3/b10-9-,11-7?. The molecule has 0 saturated heterocycles. The zero-order chi connectivity index (χ0) is 9.40. The lowest BCUT2D eigenvalue weighted by atomic mass is 10.2. The summed E-state index contributed by atoms with van der Waals surface area (Å²) in [6.07, 6.45) is 4.03. The lowest BCUT2D eigenvalue weighted by Crippen LogP contribution is -2.14. The van der Waals surface area contributed by atoms with Gasteiger partial charge in [0.1, 0.15) is 5.82 Å². The number of aliphatic imine (C=N–C) groups is 1. The fourth-order valence-electron chi connectivity index (χ4n) is 0.847. The SMILES string of the molecule is CC=N/C(NCCC)=C(\C)CC. The fraction of sp³-hybridized carbons (Fsp3) is 0.700. The van der Waals surface area contributed by atoms with Crippen molar-refractivity contribution >= 4 is 6.21 Å². The van der Waals surface area contributed by atoms with Gasteiger partial charge in [-0.25, -0.2) is 4.99 Å². The Hall–Kier alpha value is -0.790. The van der Waals surface area contributed by atoms with Crippen LogP contribution in [0.1, 0.15) is 40.5 Å². The van der Waals surface area contributed by atoms with E-state index in [4.69, 9.17) is 0 Å². The lowest BCUT2D eigenvalue weighted by Gasteiger charge is -2.07. The van der Waals surface area contributed by atoms with E-state index < -0.39 is 0 Å². The topological polar surface area (TPSA) is 24.4 Å². The largest absolute Gasteiger partial charge is 0.370 e. The smallest absolute Gasteiger partial charge is 0.124 e. The summed E-state index contributed by atoms with van der Waals surface area (Å²) in [5.41, 5.74) is 1.32. The predicted molar refractivity (Wildman–Crippen MR) is 55.5 cm³/mol. The molecule has 70 valence electrons. The summed E-state index contributed by atoms with van der Waals surface area (Å²) in [6.45, 7) is 9.36. The first-order valence-corrected chi connectivity index (χ1v) is 4.68. The highest BCUT2D eigenvalue weighted by molar-refractivity contribution is 5.55. The molecule has 0 atom stereocenters. The minimum Gasteiger partial charge on any atom is -0.370 e. The van der Waals surface area contributed by atoms with Crippen LogP contribution in [-0.4, -0.2) is 12.8 Å². The summed E-state index contributed by atoms with van der Waals surface area (Å²) in [5.74, 6) is 1.04. The quantitative estimate of drug-likeness (QED) is 0.627. The van der Waals surface area contributed by atoms with E-state index in [0.717, 1.165) is 25.2 Å². The maximum absolute atomic E-state index is 4.28. The van der Waals surface area contributed by atoms with Gasteiger partial charge in [-0.15, -0.1) is 0 Å². The third-order valence-electron chi connectivity index (χ3n) is 1.74. The lowest BCUT2D eigenvalue weighted by molar-refractivity contribution is 0.746. The highest BCUT2D eigenvalue weighted by Gasteiger charge is 1.95. The van der Waals surface area contributed by atoms with Crippen LogP contribution in [0.15, 0.2) is 16.4 Å². The van der Waals surface area contributed by atoms with Crippen molar-refractivity contribution in [2.24, 2.45) is 4.99 Å². The summed E-state index contributed by atoms with van der Waals surface area (Å²) in [6, 6.07) is 0. The first kappa shape index (κ1) is 11.2. The normalized spacial score (nSPS) is 13.3. The molecule has 1 N–H and O–H groups in total. The third kappa shape index (κ3) is 4.16. The number of rotatable bonds is 5. The molecule has 0 unspecified atom stereocenters. The van der Waals surface area contributed by atoms with Gasteiger partial charge < -0.3 is 5.32 Å². The Morgan fingerprint density at radius 3 is 2.50 bits per heavy atom. The van der Waals surface area contributed by atoms with Crippen molar-refractivity contribution in [2.45, 2.75) is 40.5 Å². The molecule has 0 aromatic heterocycles. The highest BCUT2D eigenvalue weighted by Crippen LogP contribution is 2.05. The van der Waals surface area contributed by atoms with Crippen LogP contribution in [0.2, 0.25) is 0 Å². The second kappa shape index (κ2) is 6.89. The van der Waals surface area contributed by atoms with Crippen molar-refractivity contribution in [2.75, 3.05) is 6.54 Å². The van der Waals surface area contributed by atoms with Crippen LogP contribution in [0.25, 0.3) is 0 Å². The number of hydrogen-bond acceptors (Lipinski definition) is 2. The Morgan fingerprint density at radius 2 is 2.08 bits per heavy atom. The number of nitrogens with zero attached hydrogens (tertiary/aromatic N) is 1. The van der Waals surface area contributed by atoms with E-state index in [1.165, 1.54) is 5.57 Å². The van der Waals surface area contributed by atoms with Crippen molar-refractivity contribution in [3.63, 3.8) is 0 Å². The molecular formula is C10H20N2. The number of hydrogen-bond donors (Lipinski definition) is 1. The average Bonchev–Trinajstić information content (AvgIpc) is 2.11. The molecule has 0 aromatic carbocycles. The van der Waals surface area contributed by atoms with Crippen molar-refractivity contribution in [3.05, 3.63) is 11.4 Å². The molecule has 0 aliphatic rings. The molecule has 0 aliphatic carbocycles. The third-order valence-corrected chi connectivity index (χ3v) is 1.74. The highest BCUT2D eigenvalue weighted by atomic mass is 15.0. The Balaban J connectivity index is 4.21. The zero-order valence-corrected chi connectivity index (χ0v) is 8.65. The molecule has 0 amide bonds. The van der Waals surface area contributed by atoms with Gasteiger partial charge in [-0.3, -0.25) is 0 Å². The van der Waals surface area contributed by atoms with Gasteiger partial charge in [0.2, 0.25) is 0 Å². The second-order valence-corrected chi connectivity index (χ2v) is 2.80. The molecule has 0 fully saturated rings. The monoisotopic (exact) mass is 168 g/mol. The molecule has 0 heterocycles. The predicted octanol–water partition coefficient (Wildman–Crippen LogP) is 2.72. The molecule has 12 heavy (non-hydrogen) atoms. The van der Waals surface area contributed by atoms with E-state index in [1.54, 1.807) is 0 Å². The van der Waals surface area contributed by atoms with Crippen LogP contribution in [-0.2, 0) is 0 Å². The van der Waals surface area contributed by atoms with E-state index in [1.807, 2.05) is 13.1 Å². The first-order chi connectivity index (χ1) is 5.76. The van der Waals surface area contributed by atoms with E-state index >= 15 is 0 Å². The van der Waals surface area contributed by atoms with Gasteiger partial charge in [-0.2, -0.15) is 0 Å².